The molecule has 0 fully saturated rings. The average Bonchev–Trinajstić information content (AvgIpc) is 2.85. The van der Waals surface area contributed by atoms with E-state index in [-0.39, 0.29) is 17.5 Å². The summed E-state index contributed by atoms with van der Waals surface area (Å²) in [5.41, 5.74) is 2.07. The molecule has 2 aliphatic rings. The number of rotatable bonds is 3. The predicted octanol–water partition coefficient (Wildman–Crippen LogP) is 4.30. The zero-order chi connectivity index (χ0) is 21.0. The van der Waals surface area contributed by atoms with E-state index in [1.807, 2.05) is 37.4 Å². The first-order valence-corrected chi connectivity index (χ1v) is 9.64. The van der Waals surface area contributed by atoms with Gasteiger partial charge in [0.25, 0.3) is 5.69 Å². The van der Waals surface area contributed by atoms with Crippen molar-refractivity contribution < 1.29 is 14.5 Å². The number of likely N-dealkylation sites (N-methyl/N-ethyl adjacent to an activating group) is 1. The molecule has 1 N–H and O–H groups in total. The van der Waals surface area contributed by atoms with Gasteiger partial charge in [-0.15, -0.1) is 11.6 Å². The smallest absolute Gasteiger partial charge is 0.270 e. The van der Waals surface area contributed by atoms with E-state index >= 15 is 0 Å². The highest BCUT2D eigenvalue weighted by atomic mass is 35.5. The molecular weight excluding hydrogens is 394 g/mol. The monoisotopic (exact) mass is 413 g/mol. The van der Waals surface area contributed by atoms with Crippen molar-refractivity contribution in [2.45, 2.75) is 25.0 Å². The van der Waals surface area contributed by atoms with Gasteiger partial charge < -0.3 is 15.0 Å². The van der Waals surface area contributed by atoms with Gasteiger partial charge in [0.15, 0.2) is 0 Å². The molecule has 2 heterocycles. The second-order valence-corrected chi connectivity index (χ2v) is 7.98. The van der Waals surface area contributed by atoms with Crippen LogP contribution in [0.4, 0.5) is 17.1 Å². The van der Waals surface area contributed by atoms with Crippen LogP contribution in [0.15, 0.2) is 42.5 Å². The lowest BCUT2D eigenvalue weighted by Gasteiger charge is -2.45. The van der Waals surface area contributed by atoms with Crippen LogP contribution in [-0.2, 0) is 10.2 Å². The van der Waals surface area contributed by atoms with Crippen LogP contribution in [0.5, 0.6) is 5.75 Å². The Morgan fingerprint density at radius 2 is 2.03 bits per heavy atom. The van der Waals surface area contributed by atoms with Crippen LogP contribution in [0.25, 0.3) is 6.08 Å². The average molecular weight is 414 g/mol. The maximum Gasteiger partial charge on any atom is 0.270 e. The van der Waals surface area contributed by atoms with Gasteiger partial charge >= 0.3 is 0 Å². The number of nitro benzene ring substituents is 1. The van der Waals surface area contributed by atoms with Crippen LogP contribution < -0.4 is 15.0 Å². The van der Waals surface area contributed by atoms with Gasteiger partial charge in [0, 0.05) is 36.1 Å². The number of hydrogen-bond donors (Lipinski definition) is 1. The molecule has 29 heavy (non-hydrogen) atoms. The lowest BCUT2D eigenvalue weighted by molar-refractivity contribution is -0.384. The number of nitrogens with zero attached hydrogens (tertiary/aromatic N) is 2. The molecule has 2 aromatic carbocycles. The number of halogens is 1. The number of carbonyl (C=O) groups excluding carboxylic acids is 1. The Kier molecular flexibility index (Phi) is 4.31. The number of amides is 1. The lowest BCUT2D eigenvalue weighted by Crippen LogP contribution is -2.58. The number of benzene rings is 2. The number of carbonyl (C=O) groups is 1. The van der Waals surface area contributed by atoms with Crippen molar-refractivity contribution in [3.05, 3.63) is 63.7 Å². The summed E-state index contributed by atoms with van der Waals surface area (Å²) in [6.45, 7) is 4.15. The van der Waals surface area contributed by atoms with Gasteiger partial charge in [-0.25, -0.2) is 0 Å². The Hall–Kier alpha value is -3.06. The first-order valence-electron chi connectivity index (χ1n) is 9.10. The van der Waals surface area contributed by atoms with Crippen LogP contribution >= 0.6 is 11.6 Å². The fourth-order valence-electron chi connectivity index (χ4n) is 4.19. The van der Waals surface area contributed by atoms with Crippen molar-refractivity contribution in [3.8, 4) is 5.75 Å². The highest BCUT2D eigenvalue weighted by molar-refractivity contribution is 6.29. The third kappa shape index (κ3) is 2.76. The van der Waals surface area contributed by atoms with Crippen molar-refractivity contribution in [3.63, 3.8) is 0 Å². The summed E-state index contributed by atoms with van der Waals surface area (Å²) in [5, 5.41) is 13.9. The van der Waals surface area contributed by atoms with Crippen LogP contribution in [-0.4, -0.2) is 29.5 Å². The highest BCUT2D eigenvalue weighted by Gasteiger charge is 2.57. The van der Waals surface area contributed by atoms with Gasteiger partial charge in [-0.1, -0.05) is 0 Å². The maximum absolute atomic E-state index is 11.7. The number of nitro groups is 1. The third-order valence-corrected chi connectivity index (χ3v) is 6.03. The molecule has 1 amide bonds. The van der Waals surface area contributed by atoms with Gasteiger partial charge in [0.1, 0.15) is 11.6 Å². The van der Waals surface area contributed by atoms with Gasteiger partial charge in [-0.3, -0.25) is 14.9 Å². The van der Waals surface area contributed by atoms with E-state index in [2.05, 4.69) is 24.1 Å². The number of hydrogen-bond acceptors (Lipinski definition) is 5. The number of alkyl halides is 1. The zero-order valence-corrected chi connectivity index (χ0v) is 17.0. The van der Waals surface area contributed by atoms with Gasteiger partial charge in [-0.05, 0) is 55.8 Å². The molecule has 1 atom stereocenters. The molecule has 1 unspecified atom stereocenters. The predicted molar refractivity (Wildman–Crippen MR) is 113 cm³/mol. The SMILES string of the molecule is CN1c2ccc(NC(=O)CCl)cc2C(C)(C)C12C=Cc1cc([N+](=O)[O-])ccc1O2. The van der Waals surface area contributed by atoms with Crippen LogP contribution in [0, 0.1) is 10.1 Å². The summed E-state index contributed by atoms with van der Waals surface area (Å²) in [4.78, 5) is 24.4. The summed E-state index contributed by atoms with van der Waals surface area (Å²) < 4.78 is 6.48. The second-order valence-electron chi connectivity index (χ2n) is 7.71. The molecule has 2 aromatic rings. The molecule has 0 aliphatic carbocycles. The summed E-state index contributed by atoms with van der Waals surface area (Å²) in [6, 6.07) is 10.3. The number of anilines is 2. The quantitative estimate of drug-likeness (QED) is 0.460. The number of fused-ring (bicyclic) bond motifs is 2. The van der Waals surface area contributed by atoms with Crippen molar-refractivity contribution in [1.82, 2.24) is 0 Å². The fraction of sp³-hybridized carbons (Fsp3) is 0.286. The number of ether oxygens (including phenoxy) is 1. The first-order chi connectivity index (χ1) is 13.7. The highest BCUT2D eigenvalue weighted by Crippen LogP contribution is 2.54. The van der Waals surface area contributed by atoms with Crippen molar-refractivity contribution in [2.24, 2.45) is 0 Å². The zero-order valence-electron chi connectivity index (χ0n) is 16.2. The van der Waals surface area contributed by atoms with E-state index in [0.29, 0.717) is 17.0 Å². The Balaban J connectivity index is 1.76. The largest absolute Gasteiger partial charge is 0.463 e. The first kappa shape index (κ1) is 19.3. The molecule has 0 bridgehead atoms. The second kappa shape index (κ2) is 6.49. The Labute approximate surface area is 173 Å². The van der Waals surface area contributed by atoms with Crippen LogP contribution in [0.1, 0.15) is 25.0 Å². The van der Waals surface area contributed by atoms with E-state index in [0.717, 1.165) is 11.3 Å². The fourth-order valence-corrected chi connectivity index (χ4v) is 4.25. The van der Waals surface area contributed by atoms with Crippen molar-refractivity contribution >= 4 is 40.6 Å². The minimum atomic E-state index is -0.812. The van der Waals surface area contributed by atoms with E-state index in [1.165, 1.54) is 12.1 Å². The minimum Gasteiger partial charge on any atom is -0.463 e. The minimum absolute atomic E-state index is 0.0231. The van der Waals surface area contributed by atoms with Crippen molar-refractivity contribution in [2.75, 3.05) is 23.1 Å². The molecular formula is C21H20ClN3O4. The summed E-state index contributed by atoms with van der Waals surface area (Å²) >= 11 is 5.60. The standard InChI is InChI=1S/C21H20ClN3O4/c1-20(2)16-11-14(23-19(26)12-22)4-6-17(16)24(3)21(20)9-8-13-10-15(25(27)28)5-7-18(13)29-21/h4-11H,12H2,1-3H3,(H,23,26). The molecule has 7 nitrogen and oxygen atoms in total. The topological polar surface area (TPSA) is 84.7 Å². The maximum atomic E-state index is 11.7. The molecule has 2 aliphatic heterocycles. The Bertz CT molecular complexity index is 1070. The lowest BCUT2D eigenvalue weighted by atomic mass is 9.76. The molecule has 4 rings (SSSR count). The molecule has 0 aromatic heterocycles. The Morgan fingerprint density at radius 3 is 2.72 bits per heavy atom. The molecule has 0 saturated carbocycles. The van der Waals surface area contributed by atoms with E-state index < -0.39 is 16.1 Å². The van der Waals surface area contributed by atoms with Gasteiger partial charge in [0.05, 0.1) is 10.3 Å². The normalized spacial score (nSPS) is 20.8. The van der Waals surface area contributed by atoms with Crippen LogP contribution in [0.3, 0.4) is 0 Å². The van der Waals surface area contributed by atoms with Crippen molar-refractivity contribution in [1.29, 1.82) is 0 Å². The number of non-ortho nitro benzene ring substituents is 1. The van der Waals surface area contributed by atoms with Gasteiger partial charge in [-0.2, -0.15) is 0 Å². The molecule has 8 heteroatoms. The van der Waals surface area contributed by atoms with E-state index in [9.17, 15) is 14.9 Å². The Morgan fingerprint density at radius 1 is 1.28 bits per heavy atom. The molecule has 0 saturated heterocycles. The van der Waals surface area contributed by atoms with E-state index in [4.69, 9.17) is 16.3 Å². The molecule has 1 spiro atoms. The summed E-state index contributed by atoms with van der Waals surface area (Å²) in [5.74, 6) is 0.204. The number of nitrogens with one attached hydrogen (secondary N) is 1. The summed E-state index contributed by atoms with van der Waals surface area (Å²) in [7, 11) is 1.95. The van der Waals surface area contributed by atoms with Gasteiger partial charge in [0.2, 0.25) is 11.6 Å². The third-order valence-electron chi connectivity index (χ3n) is 5.79. The van der Waals surface area contributed by atoms with E-state index in [1.54, 1.807) is 6.07 Å². The molecule has 150 valence electrons. The summed E-state index contributed by atoms with van der Waals surface area (Å²) in [6.07, 6.45) is 3.81. The molecule has 0 radical (unpaired) electrons. The van der Waals surface area contributed by atoms with Crippen LogP contribution in [0.2, 0.25) is 0 Å².